The molecule has 5 nitrogen and oxygen atoms in total. The topological polar surface area (TPSA) is 58.9 Å². The number of hydrogen-bond acceptors (Lipinski definition) is 3. The van der Waals surface area contributed by atoms with E-state index < -0.39 is 17.7 Å². The van der Waals surface area contributed by atoms with Crippen LogP contribution in [-0.4, -0.2) is 24.3 Å². The van der Waals surface area contributed by atoms with Crippen molar-refractivity contribution >= 4 is 28.4 Å². The molecule has 0 saturated heterocycles. The predicted molar refractivity (Wildman–Crippen MR) is 107 cm³/mol. The van der Waals surface area contributed by atoms with Crippen molar-refractivity contribution < 1.29 is 17.6 Å². The largest absolute Gasteiger partial charge is 0.416 e. The standard InChI is InChI=1S/C21H12ClF4N5/c22-13-9-11(21(24,25)26)4-5-12(13)19-15(28-18-3-1-2-8-31(18)19)10-17-27-14-6-7-16(23)29-20(14)30-17/h1-9H,10H2,(H,27,29,30). The van der Waals surface area contributed by atoms with E-state index in [9.17, 15) is 17.6 Å². The molecule has 0 saturated carbocycles. The van der Waals surface area contributed by atoms with Crippen molar-refractivity contribution in [3.63, 3.8) is 0 Å². The number of pyridine rings is 2. The summed E-state index contributed by atoms with van der Waals surface area (Å²) in [6, 6.07) is 11.3. The van der Waals surface area contributed by atoms with E-state index in [1.807, 2.05) is 0 Å². The molecule has 0 aliphatic carbocycles. The van der Waals surface area contributed by atoms with Gasteiger partial charge in [0.1, 0.15) is 11.5 Å². The summed E-state index contributed by atoms with van der Waals surface area (Å²) in [6.07, 6.45) is -2.53. The number of halogens is 5. The van der Waals surface area contributed by atoms with E-state index in [1.165, 1.54) is 18.2 Å². The second kappa shape index (κ2) is 7.05. The molecule has 5 aromatic rings. The number of alkyl halides is 3. The molecule has 4 heterocycles. The Morgan fingerprint density at radius 1 is 1.00 bits per heavy atom. The molecule has 0 spiro atoms. The lowest BCUT2D eigenvalue weighted by atomic mass is 10.1. The van der Waals surface area contributed by atoms with Crippen LogP contribution in [0.3, 0.4) is 0 Å². The van der Waals surface area contributed by atoms with E-state index in [4.69, 9.17) is 11.6 Å². The highest BCUT2D eigenvalue weighted by Crippen LogP contribution is 2.37. The fourth-order valence-electron chi connectivity index (χ4n) is 3.50. The van der Waals surface area contributed by atoms with Crippen LogP contribution < -0.4 is 0 Å². The molecule has 31 heavy (non-hydrogen) atoms. The number of fused-ring (bicyclic) bond motifs is 2. The van der Waals surface area contributed by atoms with Crippen LogP contribution in [-0.2, 0) is 12.6 Å². The number of hydrogen-bond donors (Lipinski definition) is 1. The predicted octanol–water partition coefficient (Wildman–Crippen LogP) is 5.67. The van der Waals surface area contributed by atoms with Crippen LogP contribution in [0.4, 0.5) is 17.6 Å². The molecule has 0 fully saturated rings. The van der Waals surface area contributed by atoms with Gasteiger partial charge in [0.2, 0.25) is 5.95 Å². The lowest BCUT2D eigenvalue weighted by molar-refractivity contribution is -0.137. The number of nitrogens with one attached hydrogen (secondary N) is 1. The van der Waals surface area contributed by atoms with Gasteiger partial charge in [0.05, 0.1) is 33.9 Å². The highest BCUT2D eigenvalue weighted by molar-refractivity contribution is 6.33. The van der Waals surface area contributed by atoms with Crippen LogP contribution in [0.25, 0.3) is 28.1 Å². The lowest BCUT2D eigenvalue weighted by Gasteiger charge is -2.11. The molecule has 1 N–H and O–H groups in total. The van der Waals surface area contributed by atoms with Gasteiger partial charge in [0.25, 0.3) is 0 Å². The average molecular weight is 446 g/mol. The van der Waals surface area contributed by atoms with Crippen LogP contribution in [0.5, 0.6) is 0 Å². The summed E-state index contributed by atoms with van der Waals surface area (Å²) >= 11 is 6.27. The number of nitrogens with zero attached hydrogens (tertiary/aromatic N) is 4. The van der Waals surface area contributed by atoms with Crippen LogP contribution in [0, 0.1) is 5.95 Å². The van der Waals surface area contributed by atoms with Crippen molar-refractivity contribution in [1.82, 2.24) is 24.3 Å². The summed E-state index contributed by atoms with van der Waals surface area (Å²) in [7, 11) is 0. The van der Waals surface area contributed by atoms with E-state index in [-0.39, 0.29) is 17.1 Å². The molecular formula is C21H12ClF4N5. The van der Waals surface area contributed by atoms with Gasteiger partial charge < -0.3 is 4.98 Å². The Balaban J connectivity index is 1.65. The third-order valence-electron chi connectivity index (χ3n) is 4.85. The smallest absolute Gasteiger partial charge is 0.340 e. The summed E-state index contributed by atoms with van der Waals surface area (Å²) in [5, 5.41) is -0.0462. The Labute approximate surface area is 177 Å². The van der Waals surface area contributed by atoms with Gasteiger partial charge >= 0.3 is 6.18 Å². The van der Waals surface area contributed by atoms with Crippen molar-refractivity contribution in [2.45, 2.75) is 12.6 Å². The highest BCUT2D eigenvalue weighted by atomic mass is 35.5. The minimum absolute atomic E-state index is 0.0462. The van der Waals surface area contributed by atoms with Crippen molar-refractivity contribution in [3.8, 4) is 11.3 Å². The Morgan fingerprint density at radius 2 is 1.84 bits per heavy atom. The summed E-state index contributed by atoms with van der Waals surface area (Å²) in [5.74, 6) is -0.156. The number of benzene rings is 1. The second-order valence-electron chi connectivity index (χ2n) is 6.89. The zero-order chi connectivity index (χ0) is 21.8. The first-order valence-electron chi connectivity index (χ1n) is 9.14. The van der Waals surface area contributed by atoms with Gasteiger partial charge in [-0.3, -0.25) is 4.40 Å². The maximum Gasteiger partial charge on any atom is 0.416 e. The molecule has 0 aliphatic heterocycles. The van der Waals surface area contributed by atoms with E-state index in [1.54, 1.807) is 28.8 Å². The third-order valence-corrected chi connectivity index (χ3v) is 5.16. The van der Waals surface area contributed by atoms with E-state index in [0.717, 1.165) is 12.1 Å². The van der Waals surface area contributed by atoms with Gasteiger partial charge in [-0.2, -0.15) is 22.5 Å². The minimum atomic E-state index is -4.50. The first-order valence-corrected chi connectivity index (χ1v) is 9.51. The third kappa shape index (κ3) is 3.50. The number of imidazole rings is 2. The number of rotatable bonds is 3. The minimum Gasteiger partial charge on any atom is -0.340 e. The number of aromatic amines is 1. The van der Waals surface area contributed by atoms with Crippen LogP contribution >= 0.6 is 11.6 Å². The molecule has 4 aromatic heterocycles. The van der Waals surface area contributed by atoms with Crippen LogP contribution in [0.15, 0.2) is 54.7 Å². The van der Waals surface area contributed by atoms with Gasteiger partial charge in [-0.15, -0.1) is 0 Å². The molecule has 156 valence electrons. The molecule has 1 aromatic carbocycles. The van der Waals surface area contributed by atoms with E-state index in [2.05, 4.69) is 19.9 Å². The maximum atomic E-state index is 13.4. The number of H-pyrrole nitrogens is 1. The number of aromatic nitrogens is 5. The SMILES string of the molecule is Fc1ccc2[nH]c(Cc3nc4ccccn4c3-c3ccc(C(F)(F)F)cc3Cl)nc2n1. The molecular weight excluding hydrogens is 434 g/mol. The Morgan fingerprint density at radius 3 is 2.61 bits per heavy atom. The molecule has 10 heteroatoms. The summed E-state index contributed by atoms with van der Waals surface area (Å²) in [4.78, 5) is 15.7. The summed E-state index contributed by atoms with van der Waals surface area (Å²) < 4.78 is 54.3. The van der Waals surface area contributed by atoms with Gasteiger partial charge in [-0.05, 0) is 36.4 Å². The normalized spacial score (nSPS) is 12.2. The lowest BCUT2D eigenvalue weighted by Crippen LogP contribution is -2.05. The van der Waals surface area contributed by atoms with Gasteiger partial charge in [-0.1, -0.05) is 23.7 Å². The summed E-state index contributed by atoms with van der Waals surface area (Å²) in [6.45, 7) is 0. The zero-order valence-corrected chi connectivity index (χ0v) is 16.3. The molecule has 5 rings (SSSR count). The van der Waals surface area contributed by atoms with E-state index in [0.29, 0.717) is 33.9 Å². The van der Waals surface area contributed by atoms with Crippen LogP contribution in [0.2, 0.25) is 5.02 Å². The van der Waals surface area contributed by atoms with Crippen molar-refractivity contribution in [3.05, 3.63) is 82.8 Å². The zero-order valence-electron chi connectivity index (χ0n) is 15.6. The van der Waals surface area contributed by atoms with Crippen molar-refractivity contribution in [2.75, 3.05) is 0 Å². The molecule has 0 radical (unpaired) electrons. The Kier molecular flexibility index (Phi) is 4.44. The quantitative estimate of drug-likeness (QED) is 0.287. The second-order valence-corrected chi connectivity index (χ2v) is 7.30. The van der Waals surface area contributed by atoms with Gasteiger partial charge in [0, 0.05) is 11.8 Å². The first kappa shape index (κ1) is 19.5. The monoisotopic (exact) mass is 445 g/mol. The molecule has 0 unspecified atom stereocenters. The van der Waals surface area contributed by atoms with Gasteiger partial charge in [-0.25, -0.2) is 9.97 Å². The van der Waals surface area contributed by atoms with Crippen molar-refractivity contribution in [2.24, 2.45) is 0 Å². The molecule has 0 atom stereocenters. The fraction of sp³-hybridized carbons (Fsp3) is 0.0952. The fourth-order valence-corrected chi connectivity index (χ4v) is 3.77. The highest BCUT2D eigenvalue weighted by Gasteiger charge is 2.31. The average Bonchev–Trinajstić information content (AvgIpc) is 3.27. The first-order chi connectivity index (χ1) is 14.8. The van der Waals surface area contributed by atoms with Crippen LogP contribution in [0.1, 0.15) is 17.1 Å². The Hall–Kier alpha value is -3.46. The molecule has 0 amide bonds. The molecule has 0 aliphatic rings. The van der Waals surface area contributed by atoms with Crippen molar-refractivity contribution in [1.29, 1.82) is 0 Å². The molecule has 0 bridgehead atoms. The van der Waals surface area contributed by atoms with Gasteiger partial charge in [0.15, 0.2) is 5.65 Å². The maximum absolute atomic E-state index is 13.4. The summed E-state index contributed by atoms with van der Waals surface area (Å²) in [5.41, 5.74) is 2.07. The van der Waals surface area contributed by atoms with E-state index >= 15 is 0 Å². The Bertz CT molecular complexity index is 1440.